The van der Waals surface area contributed by atoms with Crippen LogP contribution in [0, 0.1) is 11.3 Å². The van der Waals surface area contributed by atoms with Crippen molar-refractivity contribution in [1.29, 1.82) is 0 Å². The molecule has 0 aromatic rings. The van der Waals surface area contributed by atoms with E-state index in [1.165, 1.54) is 51.5 Å². The first kappa shape index (κ1) is 10.5. The Morgan fingerprint density at radius 2 is 1.93 bits per heavy atom. The molecule has 0 bridgehead atoms. The molecule has 0 amide bonds. The van der Waals surface area contributed by atoms with E-state index in [1.54, 1.807) is 0 Å². The van der Waals surface area contributed by atoms with Gasteiger partial charge in [-0.05, 0) is 37.1 Å². The number of hydrogen-bond acceptors (Lipinski definition) is 1. The second-order valence-electron chi connectivity index (χ2n) is 5.97. The van der Waals surface area contributed by atoms with Gasteiger partial charge in [0, 0.05) is 6.04 Å². The van der Waals surface area contributed by atoms with Crippen LogP contribution in [0.1, 0.15) is 58.8 Å². The molecule has 1 heteroatoms. The first-order valence-electron chi connectivity index (χ1n) is 6.42. The van der Waals surface area contributed by atoms with Crippen molar-refractivity contribution < 1.29 is 0 Å². The molecular formula is C13H25N. The highest BCUT2D eigenvalue weighted by atomic mass is 14.9. The second kappa shape index (κ2) is 4.22. The average molecular weight is 195 g/mol. The van der Waals surface area contributed by atoms with Crippen molar-refractivity contribution >= 4 is 0 Å². The van der Waals surface area contributed by atoms with Crippen molar-refractivity contribution in [2.45, 2.75) is 64.8 Å². The molecule has 0 aromatic heterocycles. The highest BCUT2D eigenvalue weighted by Gasteiger charge is 2.31. The first-order chi connectivity index (χ1) is 6.68. The van der Waals surface area contributed by atoms with E-state index in [4.69, 9.17) is 0 Å². The van der Waals surface area contributed by atoms with Crippen LogP contribution in [0.25, 0.3) is 0 Å². The molecule has 0 saturated heterocycles. The fraction of sp³-hybridized carbons (Fsp3) is 1.00. The minimum absolute atomic E-state index is 0.543. The Balaban J connectivity index is 1.70. The summed E-state index contributed by atoms with van der Waals surface area (Å²) < 4.78 is 0. The van der Waals surface area contributed by atoms with Gasteiger partial charge in [0.2, 0.25) is 0 Å². The first-order valence-corrected chi connectivity index (χ1v) is 6.42. The Kier molecular flexibility index (Phi) is 3.16. The topological polar surface area (TPSA) is 12.0 Å². The molecule has 2 rings (SSSR count). The molecule has 1 N–H and O–H groups in total. The molecule has 2 aliphatic carbocycles. The standard InChI is InChI=1S/C13H25N/c1-13(2)9-4-3-5-12(13)14-10-8-11-6-7-11/h11-12,14H,3-10H2,1-2H3. The molecule has 0 radical (unpaired) electrons. The third-order valence-corrected chi connectivity index (χ3v) is 4.15. The maximum Gasteiger partial charge on any atom is 0.0118 e. The van der Waals surface area contributed by atoms with Crippen molar-refractivity contribution in [3.05, 3.63) is 0 Å². The van der Waals surface area contributed by atoms with Gasteiger partial charge in [0.25, 0.3) is 0 Å². The van der Waals surface area contributed by atoms with Crippen LogP contribution in [-0.4, -0.2) is 12.6 Å². The largest absolute Gasteiger partial charge is 0.313 e. The SMILES string of the molecule is CC1(C)CCCCC1NCCC1CC1. The van der Waals surface area contributed by atoms with Gasteiger partial charge in [-0.3, -0.25) is 0 Å². The smallest absolute Gasteiger partial charge is 0.0118 e. The third kappa shape index (κ3) is 2.73. The monoisotopic (exact) mass is 195 g/mol. The molecule has 0 heterocycles. The molecule has 0 aromatic carbocycles. The van der Waals surface area contributed by atoms with Gasteiger partial charge in [0.15, 0.2) is 0 Å². The van der Waals surface area contributed by atoms with Gasteiger partial charge in [-0.25, -0.2) is 0 Å². The van der Waals surface area contributed by atoms with E-state index in [1.807, 2.05) is 0 Å². The van der Waals surface area contributed by atoms with Crippen LogP contribution in [-0.2, 0) is 0 Å². The summed E-state index contributed by atoms with van der Waals surface area (Å²) in [4.78, 5) is 0. The van der Waals surface area contributed by atoms with Crippen molar-refractivity contribution in [1.82, 2.24) is 5.32 Å². The summed E-state index contributed by atoms with van der Waals surface area (Å²) in [5.74, 6) is 1.08. The maximum absolute atomic E-state index is 3.78. The highest BCUT2D eigenvalue weighted by Crippen LogP contribution is 2.36. The van der Waals surface area contributed by atoms with E-state index in [-0.39, 0.29) is 0 Å². The maximum atomic E-state index is 3.78. The quantitative estimate of drug-likeness (QED) is 0.725. The van der Waals surface area contributed by atoms with Gasteiger partial charge in [-0.15, -0.1) is 0 Å². The van der Waals surface area contributed by atoms with Crippen LogP contribution in [0.4, 0.5) is 0 Å². The Bertz CT molecular complexity index is 182. The van der Waals surface area contributed by atoms with E-state index in [0.29, 0.717) is 5.41 Å². The van der Waals surface area contributed by atoms with E-state index in [0.717, 1.165) is 12.0 Å². The zero-order chi connectivity index (χ0) is 10.0. The second-order valence-corrected chi connectivity index (χ2v) is 5.97. The summed E-state index contributed by atoms with van der Waals surface area (Å²) in [7, 11) is 0. The number of hydrogen-bond donors (Lipinski definition) is 1. The van der Waals surface area contributed by atoms with Crippen LogP contribution in [0.15, 0.2) is 0 Å². The van der Waals surface area contributed by atoms with Crippen LogP contribution in [0.2, 0.25) is 0 Å². The van der Waals surface area contributed by atoms with Crippen molar-refractivity contribution in [2.24, 2.45) is 11.3 Å². The summed E-state index contributed by atoms with van der Waals surface area (Å²) in [5.41, 5.74) is 0.543. The fourth-order valence-electron chi connectivity index (χ4n) is 2.74. The van der Waals surface area contributed by atoms with Crippen LogP contribution >= 0.6 is 0 Å². The molecule has 1 nitrogen and oxygen atoms in total. The lowest BCUT2D eigenvalue weighted by Crippen LogP contribution is -2.44. The van der Waals surface area contributed by atoms with Crippen LogP contribution in [0.5, 0.6) is 0 Å². The van der Waals surface area contributed by atoms with E-state index >= 15 is 0 Å². The van der Waals surface area contributed by atoms with E-state index < -0.39 is 0 Å². The van der Waals surface area contributed by atoms with Gasteiger partial charge < -0.3 is 5.32 Å². The van der Waals surface area contributed by atoms with E-state index in [2.05, 4.69) is 19.2 Å². The van der Waals surface area contributed by atoms with Crippen LogP contribution in [0.3, 0.4) is 0 Å². The summed E-state index contributed by atoms with van der Waals surface area (Å²) in [6.45, 7) is 6.13. The lowest BCUT2D eigenvalue weighted by molar-refractivity contribution is 0.167. The molecule has 82 valence electrons. The summed E-state index contributed by atoms with van der Waals surface area (Å²) >= 11 is 0. The molecular weight excluding hydrogens is 170 g/mol. The molecule has 0 spiro atoms. The lowest BCUT2D eigenvalue weighted by atomic mass is 9.73. The third-order valence-electron chi connectivity index (χ3n) is 4.15. The summed E-state index contributed by atoms with van der Waals surface area (Å²) in [5, 5.41) is 3.78. The van der Waals surface area contributed by atoms with Gasteiger partial charge in [-0.1, -0.05) is 39.5 Å². The van der Waals surface area contributed by atoms with Crippen LogP contribution < -0.4 is 5.32 Å². The molecule has 2 saturated carbocycles. The van der Waals surface area contributed by atoms with Crippen molar-refractivity contribution in [3.63, 3.8) is 0 Å². The molecule has 0 aliphatic heterocycles. The van der Waals surface area contributed by atoms with E-state index in [9.17, 15) is 0 Å². The number of rotatable bonds is 4. The minimum Gasteiger partial charge on any atom is -0.313 e. The predicted octanol–water partition coefficient (Wildman–Crippen LogP) is 3.34. The Morgan fingerprint density at radius 1 is 1.14 bits per heavy atom. The zero-order valence-corrected chi connectivity index (χ0v) is 9.81. The fourth-order valence-corrected chi connectivity index (χ4v) is 2.74. The van der Waals surface area contributed by atoms with Gasteiger partial charge in [-0.2, -0.15) is 0 Å². The van der Waals surface area contributed by atoms with Crippen molar-refractivity contribution in [3.8, 4) is 0 Å². The Labute approximate surface area is 88.7 Å². The van der Waals surface area contributed by atoms with Crippen molar-refractivity contribution in [2.75, 3.05) is 6.54 Å². The molecule has 1 atom stereocenters. The molecule has 2 aliphatic rings. The summed E-state index contributed by atoms with van der Waals surface area (Å²) in [6, 6.07) is 0.787. The normalized spacial score (nSPS) is 31.7. The Hall–Kier alpha value is -0.0400. The summed E-state index contributed by atoms with van der Waals surface area (Å²) in [6.07, 6.45) is 10.1. The van der Waals surface area contributed by atoms with Gasteiger partial charge in [0.1, 0.15) is 0 Å². The van der Waals surface area contributed by atoms with Gasteiger partial charge in [0.05, 0.1) is 0 Å². The highest BCUT2D eigenvalue weighted by molar-refractivity contribution is 4.88. The molecule has 14 heavy (non-hydrogen) atoms. The predicted molar refractivity (Wildman–Crippen MR) is 61.4 cm³/mol. The van der Waals surface area contributed by atoms with Gasteiger partial charge >= 0.3 is 0 Å². The number of nitrogens with one attached hydrogen (secondary N) is 1. The molecule has 2 fully saturated rings. The minimum atomic E-state index is 0.543. The lowest BCUT2D eigenvalue weighted by Gasteiger charge is -2.39. The Morgan fingerprint density at radius 3 is 2.57 bits per heavy atom. The molecule has 1 unspecified atom stereocenters. The zero-order valence-electron chi connectivity index (χ0n) is 9.81. The average Bonchev–Trinajstić information content (AvgIpc) is 2.91.